The summed E-state index contributed by atoms with van der Waals surface area (Å²) < 4.78 is 113. The number of carbonyl (C=O) groups is 1. The monoisotopic (exact) mass is 1300 g/mol. The van der Waals surface area contributed by atoms with Crippen LogP contribution < -0.4 is 0 Å². The highest BCUT2D eigenvalue weighted by atomic mass is 79.9. The predicted octanol–water partition coefficient (Wildman–Crippen LogP) is 17.3. The van der Waals surface area contributed by atoms with Gasteiger partial charge in [0.2, 0.25) is 0 Å². The Kier molecular flexibility index (Phi) is 25.0. The van der Waals surface area contributed by atoms with E-state index in [-0.39, 0.29) is 18.5 Å². The number of alkyl halides is 8. The summed E-state index contributed by atoms with van der Waals surface area (Å²) in [6, 6.07) is 64.4. The van der Waals surface area contributed by atoms with Crippen LogP contribution in [0, 0.1) is 11.3 Å². The number of nitrogens with zero attached hydrogens (tertiary/aromatic N) is 3. The third-order valence-electron chi connectivity index (χ3n) is 9.32. The highest BCUT2D eigenvalue weighted by Gasteiger charge is 2.57. The van der Waals surface area contributed by atoms with Gasteiger partial charge in [-0.15, -0.1) is 26.8 Å². The molecule has 0 aliphatic heterocycles. The number of benzene rings is 7. The zero-order valence-corrected chi connectivity index (χ0v) is 45.8. The van der Waals surface area contributed by atoms with Gasteiger partial charge in [0.05, 0.1) is 28.4 Å². The minimum absolute atomic E-state index is 0. The van der Waals surface area contributed by atoms with Crippen molar-refractivity contribution >= 4 is 97.0 Å². The van der Waals surface area contributed by atoms with Crippen LogP contribution in [0.5, 0.6) is 0 Å². The van der Waals surface area contributed by atoms with E-state index in [1.807, 2.05) is 107 Å². The van der Waals surface area contributed by atoms with Gasteiger partial charge in [-0.25, -0.2) is 9.97 Å². The van der Waals surface area contributed by atoms with E-state index in [1.54, 1.807) is 19.1 Å². The van der Waals surface area contributed by atoms with E-state index >= 15 is 0 Å². The van der Waals surface area contributed by atoms with Crippen LogP contribution in [0.1, 0.15) is 30.3 Å². The van der Waals surface area contributed by atoms with Crippen molar-refractivity contribution in [1.82, 2.24) is 9.97 Å². The van der Waals surface area contributed by atoms with Gasteiger partial charge in [0.15, 0.2) is 11.6 Å². The normalized spacial score (nSPS) is 10.9. The van der Waals surface area contributed by atoms with Gasteiger partial charge < -0.3 is 0 Å². The summed E-state index contributed by atoms with van der Waals surface area (Å²) in [5.41, 5.74) is -1.53. The molecular weight excluding hydrogens is 1260 g/mol. The molecule has 22 heteroatoms. The van der Waals surface area contributed by atoms with Crippen molar-refractivity contribution in [1.29, 1.82) is 5.26 Å². The van der Waals surface area contributed by atoms with Crippen LogP contribution in [0.2, 0.25) is 0 Å². The summed E-state index contributed by atoms with van der Waals surface area (Å²) in [5.74, 6) is 0.806. The molecule has 0 saturated heterocycles. The van der Waals surface area contributed by atoms with Crippen molar-refractivity contribution < 1.29 is 51.6 Å². The van der Waals surface area contributed by atoms with E-state index in [0.717, 1.165) is 52.6 Å². The number of hydrogen-bond acceptors (Lipinski definition) is 9. The Labute approximate surface area is 465 Å². The molecule has 0 fully saturated rings. The smallest absolute Gasteiger partial charge is 0.295 e. The molecule has 0 atom stereocenters. The average molecular weight is 1300 g/mol. The number of rotatable bonds is 8. The van der Waals surface area contributed by atoms with Crippen LogP contribution in [0.3, 0.4) is 0 Å². The number of hydrogen-bond donors (Lipinski definition) is 0. The van der Waals surface area contributed by atoms with Crippen LogP contribution >= 0.6 is 71.0 Å². The van der Waals surface area contributed by atoms with Gasteiger partial charge >= 0.3 is 31.3 Å². The summed E-state index contributed by atoms with van der Waals surface area (Å²) in [5, 5.41) is 8.59. The van der Waals surface area contributed by atoms with Crippen molar-refractivity contribution in [3.8, 4) is 62.2 Å². The maximum absolute atomic E-state index is 11.4. The lowest BCUT2D eigenvalue weighted by Gasteiger charge is -2.10. The molecule has 7 aromatic carbocycles. The molecule has 0 aliphatic carbocycles. The third-order valence-corrected chi connectivity index (χ3v) is 13.4. The molecule has 0 radical (unpaired) electrons. The molecule has 0 N–H and O–H groups in total. The molecule has 8 rings (SSSR count). The van der Waals surface area contributed by atoms with E-state index in [4.69, 9.17) is 38.4 Å². The Morgan fingerprint density at radius 2 is 0.867 bits per heavy atom. The van der Waals surface area contributed by atoms with Crippen LogP contribution in [0.4, 0.5) is 26.3 Å². The molecule has 0 amide bonds. The number of aromatic nitrogens is 2. The van der Waals surface area contributed by atoms with E-state index in [1.165, 1.54) is 16.7 Å². The standard InChI is InChI=1S/C28H18Br2N2.C14H12O.C7H4BrN.C2F6O5S2.CH2Cl2.CH4/c29-24-10-4-8-22(16-24)27-18-26(31-28(32-27)23-9-5-11-25(30)17-23)21-14-12-20(13-15-21)19-6-2-1-3-7-19;1-11(15)12-7-9-14(10-8-12)13-5-3-2-4-6-13;8-7-3-1-2-6(4-7)5-9;3-1(4,5)14(9,10)13-15(11,12)2(6,7)8;2-1-3;/h1-18H;2-10H,1H3;1-4H;;1H2;1H4. The second-order valence-electron chi connectivity index (χ2n) is 14.5. The minimum atomic E-state index is -6.85. The Morgan fingerprint density at radius 3 is 1.25 bits per heavy atom. The molecule has 0 aliphatic rings. The second kappa shape index (κ2) is 29.5. The van der Waals surface area contributed by atoms with Gasteiger partial charge in [0.1, 0.15) is 0 Å². The van der Waals surface area contributed by atoms with Crippen molar-refractivity contribution in [2.75, 3.05) is 5.34 Å². The fourth-order valence-electron chi connectivity index (χ4n) is 5.89. The molecule has 0 bridgehead atoms. The Balaban J connectivity index is 0.000000289. The lowest BCUT2D eigenvalue weighted by molar-refractivity contribution is -0.0585. The highest BCUT2D eigenvalue weighted by molar-refractivity contribution is 9.11. The zero-order chi connectivity index (χ0) is 54.7. The first-order valence-corrected chi connectivity index (χ1v) is 27.0. The molecule has 8 aromatic rings. The van der Waals surface area contributed by atoms with E-state index < -0.39 is 31.3 Å². The van der Waals surface area contributed by atoms with Gasteiger partial charge in [0, 0.05) is 35.7 Å². The highest BCUT2D eigenvalue weighted by Crippen LogP contribution is 2.33. The molecule has 0 unspecified atom stereocenters. The van der Waals surface area contributed by atoms with Crippen LogP contribution in [-0.4, -0.2) is 48.9 Å². The second-order valence-corrected chi connectivity index (χ2v) is 21.4. The molecule has 392 valence electrons. The Bertz CT molecular complexity index is 3290. The maximum atomic E-state index is 11.4. The third kappa shape index (κ3) is 20.0. The zero-order valence-electron chi connectivity index (χ0n) is 37.9. The summed E-state index contributed by atoms with van der Waals surface area (Å²) in [6.07, 6.45) is 0. The molecule has 0 saturated carbocycles. The number of nitriles is 1. The lowest BCUT2D eigenvalue weighted by Crippen LogP contribution is -2.34. The molecular formula is C53H40Br3Cl2F6N3O6S2. The summed E-state index contributed by atoms with van der Waals surface area (Å²) in [7, 11) is -13.7. The molecule has 1 heterocycles. The minimum Gasteiger partial charge on any atom is -0.295 e. The molecule has 75 heavy (non-hydrogen) atoms. The van der Waals surface area contributed by atoms with E-state index in [0.29, 0.717) is 11.4 Å². The Morgan fingerprint density at radius 1 is 0.520 bits per heavy atom. The van der Waals surface area contributed by atoms with Crippen molar-refractivity contribution in [3.05, 3.63) is 213 Å². The van der Waals surface area contributed by atoms with E-state index in [9.17, 15) is 48.0 Å². The molecule has 0 spiro atoms. The first kappa shape index (κ1) is 63.5. The fourth-order valence-corrected chi connectivity index (χ4v) is 8.65. The molecule has 1 aromatic heterocycles. The predicted molar refractivity (Wildman–Crippen MR) is 294 cm³/mol. The number of carbonyl (C=O) groups excluding carboxylic acids is 1. The number of halogens is 11. The van der Waals surface area contributed by atoms with Crippen LogP contribution in [-0.2, 0) is 23.9 Å². The van der Waals surface area contributed by atoms with Crippen LogP contribution in [0.15, 0.2) is 201 Å². The van der Waals surface area contributed by atoms with Crippen molar-refractivity contribution in [3.63, 3.8) is 0 Å². The fraction of sp³-hybridized carbons (Fsp3) is 0.0943. The Hall–Kier alpha value is -5.76. The number of Topliss-reactive ketones (excluding diaryl/α,β-unsaturated/α-hetero) is 1. The van der Waals surface area contributed by atoms with Gasteiger partial charge in [-0.2, -0.15) is 48.4 Å². The average Bonchev–Trinajstić information content (AvgIpc) is 3.37. The van der Waals surface area contributed by atoms with Gasteiger partial charge in [-0.05, 0) is 77.7 Å². The largest absolute Gasteiger partial charge is 0.524 e. The quantitative estimate of drug-likeness (QED) is 0.0628. The first-order chi connectivity index (χ1) is 34.9. The van der Waals surface area contributed by atoms with E-state index in [2.05, 4.69) is 127 Å². The van der Waals surface area contributed by atoms with Crippen molar-refractivity contribution in [2.24, 2.45) is 0 Å². The SMILES string of the molecule is Brc1cccc(-c2cc(-c3ccc(-c4ccccc4)cc3)nc(-c3cccc(Br)c3)n2)c1.C.CC(=O)c1ccc(-c2ccccc2)cc1.ClCCl.N#Cc1cccc(Br)c1.O=S(=O)(OS(=O)(=O)C(F)(F)F)C(F)(F)F. The van der Waals surface area contributed by atoms with Crippen LogP contribution in [0.25, 0.3) is 56.2 Å². The van der Waals surface area contributed by atoms with Gasteiger partial charge in [-0.3, -0.25) is 4.79 Å². The summed E-state index contributed by atoms with van der Waals surface area (Å²) in [4.78, 5) is 20.9. The molecule has 9 nitrogen and oxygen atoms in total. The van der Waals surface area contributed by atoms with Gasteiger partial charge in [0.25, 0.3) is 0 Å². The maximum Gasteiger partial charge on any atom is 0.524 e. The summed E-state index contributed by atoms with van der Waals surface area (Å²) >= 11 is 19.9. The summed E-state index contributed by atoms with van der Waals surface area (Å²) in [6.45, 7) is 1.58. The first-order valence-electron chi connectivity index (χ1n) is 20.7. The van der Waals surface area contributed by atoms with Crippen molar-refractivity contribution in [2.45, 2.75) is 25.4 Å². The topological polar surface area (TPSA) is 144 Å². The van der Waals surface area contributed by atoms with Gasteiger partial charge in [-0.1, -0.05) is 195 Å². The lowest BCUT2D eigenvalue weighted by atomic mass is 10.0. The number of ketones is 1.